The van der Waals surface area contributed by atoms with Gasteiger partial charge in [-0.3, -0.25) is 14.9 Å². The highest BCUT2D eigenvalue weighted by atomic mass is 16.6. The van der Waals surface area contributed by atoms with Crippen molar-refractivity contribution in [2.45, 2.75) is 0 Å². The van der Waals surface area contributed by atoms with Gasteiger partial charge in [-0.1, -0.05) is 0 Å². The van der Waals surface area contributed by atoms with Gasteiger partial charge in [-0.2, -0.15) is 0 Å². The molecule has 2 aromatic rings. The van der Waals surface area contributed by atoms with Gasteiger partial charge in [0.2, 0.25) is 0 Å². The molecule has 0 saturated heterocycles. The number of rotatable bonds is 6. The van der Waals surface area contributed by atoms with Crippen molar-refractivity contribution in [2.24, 2.45) is 0 Å². The minimum atomic E-state index is -0.821. The zero-order valence-electron chi connectivity index (χ0n) is 15.3. The maximum atomic E-state index is 12.4. The van der Waals surface area contributed by atoms with Crippen molar-refractivity contribution in [3.8, 4) is 11.5 Å². The molecule has 0 saturated carbocycles. The first-order chi connectivity index (χ1) is 13.4. The molecule has 3 rings (SSSR count). The van der Waals surface area contributed by atoms with E-state index in [9.17, 15) is 19.7 Å². The molecule has 0 spiro atoms. The van der Waals surface area contributed by atoms with Crippen LogP contribution in [0.15, 0.2) is 36.4 Å². The Morgan fingerprint density at radius 3 is 2.50 bits per heavy atom. The Hall–Kier alpha value is -3.62. The van der Waals surface area contributed by atoms with E-state index in [1.54, 1.807) is 31.1 Å². The summed E-state index contributed by atoms with van der Waals surface area (Å²) < 4.78 is 15.9. The topological polar surface area (TPSA) is 108 Å². The largest absolute Gasteiger partial charge is 0.486 e. The van der Waals surface area contributed by atoms with E-state index in [4.69, 9.17) is 14.2 Å². The molecule has 0 radical (unpaired) electrons. The van der Waals surface area contributed by atoms with Crippen molar-refractivity contribution < 1.29 is 28.7 Å². The van der Waals surface area contributed by atoms with Crippen LogP contribution in [0.25, 0.3) is 0 Å². The summed E-state index contributed by atoms with van der Waals surface area (Å²) in [5.41, 5.74) is 0.524. The molecule has 0 N–H and O–H groups in total. The Bertz CT molecular complexity index is 940. The van der Waals surface area contributed by atoms with Gasteiger partial charge in [0.25, 0.3) is 5.69 Å². The molecule has 0 aromatic heterocycles. The molecule has 2 aromatic carbocycles. The van der Waals surface area contributed by atoms with Crippen LogP contribution < -0.4 is 14.4 Å². The summed E-state index contributed by atoms with van der Waals surface area (Å²) in [5, 5.41) is 11.0. The van der Waals surface area contributed by atoms with Crippen LogP contribution in [0.5, 0.6) is 11.5 Å². The average molecular weight is 386 g/mol. The summed E-state index contributed by atoms with van der Waals surface area (Å²) in [7, 11) is 3.39. The fourth-order valence-electron chi connectivity index (χ4n) is 2.70. The monoisotopic (exact) mass is 386 g/mol. The van der Waals surface area contributed by atoms with Crippen LogP contribution in [-0.4, -0.2) is 50.6 Å². The highest BCUT2D eigenvalue weighted by molar-refractivity contribution is 6.01. The Kier molecular flexibility index (Phi) is 5.44. The summed E-state index contributed by atoms with van der Waals surface area (Å²) in [6, 6.07) is 8.59. The number of ketones is 1. The van der Waals surface area contributed by atoms with Crippen molar-refractivity contribution in [2.75, 3.05) is 38.8 Å². The number of fused-ring (bicyclic) bond motifs is 1. The lowest BCUT2D eigenvalue weighted by atomic mass is 10.1. The van der Waals surface area contributed by atoms with E-state index >= 15 is 0 Å². The van der Waals surface area contributed by atoms with E-state index in [2.05, 4.69) is 0 Å². The molecule has 1 aliphatic heterocycles. The summed E-state index contributed by atoms with van der Waals surface area (Å²) in [6.07, 6.45) is 0. The van der Waals surface area contributed by atoms with Gasteiger partial charge in [0.15, 0.2) is 23.9 Å². The van der Waals surface area contributed by atoms with Crippen LogP contribution in [-0.2, 0) is 4.74 Å². The second-order valence-corrected chi connectivity index (χ2v) is 6.21. The number of Topliss-reactive ketones (excluding diaryl/α,β-unsaturated/α-hetero) is 1. The molecule has 0 amide bonds. The maximum Gasteiger partial charge on any atom is 0.340 e. The van der Waals surface area contributed by atoms with E-state index in [-0.39, 0.29) is 11.3 Å². The summed E-state index contributed by atoms with van der Waals surface area (Å²) in [4.78, 5) is 36.8. The van der Waals surface area contributed by atoms with Crippen LogP contribution >= 0.6 is 0 Å². The fraction of sp³-hybridized carbons (Fsp3) is 0.263. The lowest BCUT2D eigenvalue weighted by Crippen LogP contribution is -2.19. The van der Waals surface area contributed by atoms with Crippen LogP contribution in [0.3, 0.4) is 0 Å². The van der Waals surface area contributed by atoms with Crippen molar-refractivity contribution >= 4 is 23.1 Å². The third-order valence-electron chi connectivity index (χ3n) is 4.09. The summed E-state index contributed by atoms with van der Waals surface area (Å²) >= 11 is 0. The van der Waals surface area contributed by atoms with Gasteiger partial charge in [-0.05, 0) is 24.3 Å². The highest BCUT2D eigenvalue weighted by Crippen LogP contribution is 2.31. The molecule has 0 fully saturated rings. The van der Waals surface area contributed by atoms with Gasteiger partial charge in [0, 0.05) is 31.8 Å². The number of hydrogen-bond donors (Lipinski definition) is 0. The van der Waals surface area contributed by atoms with Gasteiger partial charge < -0.3 is 19.1 Å². The first kappa shape index (κ1) is 19.2. The molecule has 0 unspecified atom stereocenters. The minimum absolute atomic E-state index is 0.00849. The van der Waals surface area contributed by atoms with Crippen LogP contribution in [0.1, 0.15) is 20.7 Å². The number of non-ortho nitro benzene ring substituents is 1. The zero-order chi connectivity index (χ0) is 20.3. The fourth-order valence-corrected chi connectivity index (χ4v) is 2.70. The molecule has 0 aliphatic carbocycles. The van der Waals surface area contributed by atoms with E-state index in [1.807, 2.05) is 0 Å². The lowest BCUT2D eigenvalue weighted by Gasteiger charge is -2.18. The van der Waals surface area contributed by atoms with Crippen LogP contribution in [0.4, 0.5) is 11.4 Å². The molecule has 1 heterocycles. The average Bonchev–Trinajstić information content (AvgIpc) is 2.70. The summed E-state index contributed by atoms with van der Waals surface area (Å²) in [5.74, 6) is -0.246. The molecule has 0 atom stereocenters. The first-order valence-corrected chi connectivity index (χ1v) is 8.42. The molecule has 1 aliphatic rings. The number of carbonyl (C=O) groups excluding carboxylic acids is 2. The Balaban J connectivity index is 1.74. The Morgan fingerprint density at radius 2 is 1.82 bits per heavy atom. The van der Waals surface area contributed by atoms with E-state index < -0.39 is 23.3 Å². The number of anilines is 1. The summed E-state index contributed by atoms with van der Waals surface area (Å²) in [6.45, 7) is 0.323. The number of nitrogens with zero attached hydrogens (tertiary/aromatic N) is 2. The number of carbonyl (C=O) groups is 2. The van der Waals surface area contributed by atoms with Crippen LogP contribution in [0, 0.1) is 10.1 Å². The number of hydrogen-bond acceptors (Lipinski definition) is 8. The second kappa shape index (κ2) is 7.95. The molecule has 9 heteroatoms. The van der Waals surface area contributed by atoms with Gasteiger partial charge in [-0.25, -0.2) is 4.79 Å². The van der Waals surface area contributed by atoms with E-state index in [0.29, 0.717) is 36.0 Å². The van der Waals surface area contributed by atoms with Gasteiger partial charge in [0.1, 0.15) is 13.2 Å². The van der Waals surface area contributed by atoms with Crippen LogP contribution in [0.2, 0.25) is 0 Å². The second-order valence-electron chi connectivity index (χ2n) is 6.21. The van der Waals surface area contributed by atoms with Crippen molar-refractivity contribution in [3.63, 3.8) is 0 Å². The Labute approximate surface area is 160 Å². The standard InChI is InChI=1S/C19H18N2O7/c1-20(2)15-5-4-13(21(24)25)10-14(15)19(23)28-11-16(22)12-3-6-17-18(9-12)27-8-7-26-17/h3-6,9-10H,7-8,11H2,1-2H3. The molecular weight excluding hydrogens is 368 g/mol. The number of esters is 1. The molecule has 0 bridgehead atoms. The minimum Gasteiger partial charge on any atom is -0.486 e. The van der Waals surface area contributed by atoms with Gasteiger partial charge in [-0.15, -0.1) is 0 Å². The number of nitro benzene ring substituents is 1. The lowest BCUT2D eigenvalue weighted by molar-refractivity contribution is -0.384. The third kappa shape index (κ3) is 4.03. The third-order valence-corrected chi connectivity index (χ3v) is 4.09. The quantitative estimate of drug-likeness (QED) is 0.322. The van der Waals surface area contributed by atoms with Gasteiger partial charge in [0.05, 0.1) is 16.2 Å². The smallest absolute Gasteiger partial charge is 0.340 e. The number of nitro groups is 1. The SMILES string of the molecule is CN(C)c1ccc([N+](=O)[O-])cc1C(=O)OCC(=O)c1ccc2c(c1)OCCO2. The molecule has 28 heavy (non-hydrogen) atoms. The van der Waals surface area contributed by atoms with Crippen molar-refractivity contribution in [3.05, 3.63) is 57.6 Å². The van der Waals surface area contributed by atoms with E-state index in [1.165, 1.54) is 18.2 Å². The molecule has 146 valence electrons. The highest BCUT2D eigenvalue weighted by Gasteiger charge is 2.21. The molecule has 9 nitrogen and oxygen atoms in total. The zero-order valence-corrected chi connectivity index (χ0v) is 15.3. The molecular formula is C19H18N2O7. The van der Waals surface area contributed by atoms with Crippen molar-refractivity contribution in [1.29, 1.82) is 0 Å². The maximum absolute atomic E-state index is 12.4. The normalized spacial score (nSPS) is 12.2. The van der Waals surface area contributed by atoms with Crippen molar-refractivity contribution in [1.82, 2.24) is 0 Å². The predicted molar refractivity (Wildman–Crippen MR) is 99.5 cm³/mol. The number of benzene rings is 2. The number of ether oxygens (including phenoxy) is 3. The van der Waals surface area contributed by atoms with E-state index in [0.717, 1.165) is 6.07 Å². The Morgan fingerprint density at radius 1 is 1.11 bits per heavy atom. The predicted octanol–water partition coefficient (Wildman–Crippen LogP) is 2.47. The first-order valence-electron chi connectivity index (χ1n) is 8.42. The van der Waals surface area contributed by atoms with Gasteiger partial charge >= 0.3 is 5.97 Å².